The lowest BCUT2D eigenvalue weighted by atomic mass is 10.0. The molecule has 9 heteroatoms. The quantitative estimate of drug-likeness (QED) is 0.487. The smallest absolute Gasteiger partial charge is 0.251 e. The monoisotopic (exact) mass is 481 g/mol. The van der Waals surface area contributed by atoms with Crippen molar-refractivity contribution in [2.45, 2.75) is 17.4 Å². The lowest BCUT2D eigenvalue weighted by Crippen LogP contribution is -2.31. The fraction of sp³-hybridized carbons (Fsp3) is 0.200. The van der Waals surface area contributed by atoms with Crippen LogP contribution in [0.2, 0.25) is 0 Å². The zero-order chi connectivity index (χ0) is 24.7. The Labute approximate surface area is 199 Å². The van der Waals surface area contributed by atoms with Crippen LogP contribution in [0.25, 0.3) is 0 Å². The normalized spacial score (nSPS) is 12.1. The molecule has 34 heavy (non-hydrogen) atoms. The van der Waals surface area contributed by atoms with Gasteiger partial charge in [-0.1, -0.05) is 48.5 Å². The van der Waals surface area contributed by atoms with E-state index in [0.29, 0.717) is 11.3 Å². The predicted octanol–water partition coefficient (Wildman–Crippen LogP) is 3.45. The van der Waals surface area contributed by atoms with Gasteiger partial charge in [0.15, 0.2) is 0 Å². The third-order valence-corrected chi connectivity index (χ3v) is 6.97. The standard InChI is InChI=1S/C25H27N3O5S/c1-28(2)34(31,32)20-14-15-23(33-3)22(16-20)26-24(29)17-21(18-10-6-4-7-11-18)27-25(30)19-12-8-5-9-13-19/h4-16,21H,17H2,1-3H3,(H,26,29)(H,27,30). The summed E-state index contributed by atoms with van der Waals surface area (Å²) in [5.74, 6) is -0.408. The van der Waals surface area contributed by atoms with Gasteiger partial charge in [0.05, 0.1) is 30.2 Å². The van der Waals surface area contributed by atoms with Crippen molar-refractivity contribution in [3.63, 3.8) is 0 Å². The molecule has 0 aliphatic rings. The largest absolute Gasteiger partial charge is 0.495 e. The maximum Gasteiger partial charge on any atom is 0.251 e. The number of amides is 2. The second-order valence-corrected chi connectivity index (χ2v) is 9.86. The summed E-state index contributed by atoms with van der Waals surface area (Å²) in [7, 11) is 0.582. The van der Waals surface area contributed by atoms with E-state index in [1.54, 1.807) is 24.3 Å². The van der Waals surface area contributed by atoms with Gasteiger partial charge in [-0.05, 0) is 35.9 Å². The maximum atomic E-state index is 13.0. The Balaban J connectivity index is 1.84. The summed E-state index contributed by atoms with van der Waals surface area (Å²) in [5.41, 5.74) is 1.46. The van der Waals surface area contributed by atoms with Crippen LogP contribution in [-0.2, 0) is 14.8 Å². The number of ether oxygens (including phenoxy) is 1. The van der Waals surface area contributed by atoms with Crippen LogP contribution in [0.3, 0.4) is 0 Å². The number of rotatable bonds is 9. The van der Waals surface area contributed by atoms with Gasteiger partial charge < -0.3 is 15.4 Å². The van der Waals surface area contributed by atoms with Crippen LogP contribution in [-0.4, -0.2) is 45.7 Å². The molecule has 1 atom stereocenters. The van der Waals surface area contributed by atoms with E-state index in [0.717, 1.165) is 9.87 Å². The van der Waals surface area contributed by atoms with Gasteiger partial charge in [-0.25, -0.2) is 12.7 Å². The number of methoxy groups -OCH3 is 1. The first-order chi connectivity index (χ1) is 16.2. The molecule has 2 amide bonds. The average molecular weight is 482 g/mol. The number of hydrogen-bond acceptors (Lipinski definition) is 5. The molecule has 3 rings (SSSR count). The zero-order valence-electron chi connectivity index (χ0n) is 19.2. The van der Waals surface area contributed by atoms with Crippen molar-refractivity contribution in [3.8, 4) is 5.75 Å². The molecule has 0 aliphatic carbocycles. The van der Waals surface area contributed by atoms with Crippen LogP contribution < -0.4 is 15.4 Å². The van der Waals surface area contributed by atoms with E-state index in [1.165, 1.54) is 39.4 Å². The number of benzene rings is 3. The van der Waals surface area contributed by atoms with Gasteiger partial charge in [0, 0.05) is 19.7 Å². The SMILES string of the molecule is COc1ccc(S(=O)(=O)N(C)C)cc1NC(=O)CC(NC(=O)c1ccccc1)c1ccccc1. The van der Waals surface area contributed by atoms with E-state index in [-0.39, 0.29) is 22.9 Å². The summed E-state index contributed by atoms with van der Waals surface area (Å²) in [4.78, 5) is 25.8. The number of nitrogens with one attached hydrogen (secondary N) is 2. The summed E-state index contributed by atoms with van der Waals surface area (Å²) in [6.07, 6.45) is -0.0730. The summed E-state index contributed by atoms with van der Waals surface area (Å²) >= 11 is 0. The Morgan fingerprint density at radius 2 is 1.56 bits per heavy atom. The Bertz CT molecular complexity index is 1250. The van der Waals surface area contributed by atoms with Crippen LogP contribution in [0, 0.1) is 0 Å². The molecule has 0 aromatic heterocycles. The van der Waals surface area contributed by atoms with Gasteiger partial charge in [-0.2, -0.15) is 0 Å². The van der Waals surface area contributed by atoms with E-state index < -0.39 is 22.0 Å². The summed E-state index contributed by atoms with van der Waals surface area (Å²) in [6.45, 7) is 0. The Hall–Kier alpha value is -3.69. The first-order valence-electron chi connectivity index (χ1n) is 10.5. The lowest BCUT2D eigenvalue weighted by Gasteiger charge is -2.20. The highest BCUT2D eigenvalue weighted by Gasteiger charge is 2.22. The number of anilines is 1. The molecule has 0 heterocycles. The topological polar surface area (TPSA) is 105 Å². The van der Waals surface area contributed by atoms with Gasteiger partial charge in [-0.15, -0.1) is 0 Å². The van der Waals surface area contributed by atoms with Gasteiger partial charge in [0.1, 0.15) is 5.75 Å². The van der Waals surface area contributed by atoms with Crippen molar-refractivity contribution in [1.29, 1.82) is 0 Å². The molecule has 0 aliphatic heterocycles. The summed E-state index contributed by atoms with van der Waals surface area (Å²) in [6, 6.07) is 21.5. The number of carbonyl (C=O) groups excluding carboxylic acids is 2. The van der Waals surface area contributed by atoms with E-state index in [4.69, 9.17) is 4.74 Å². The highest BCUT2D eigenvalue weighted by Crippen LogP contribution is 2.29. The Morgan fingerprint density at radius 1 is 0.941 bits per heavy atom. The highest BCUT2D eigenvalue weighted by molar-refractivity contribution is 7.89. The lowest BCUT2D eigenvalue weighted by molar-refractivity contribution is -0.116. The van der Waals surface area contributed by atoms with Gasteiger partial charge >= 0.3 is 0 Å². The van der Waals surface area contributed by atoms with E-state index in [2.05, 4.69) is 10.6 Å². The summed E-state index contributed by atoms with van der Waals surface area (Å²) in [5, 5.41) is 5.64. The molecule has 0 saturated heterocycles. The molecule has 1 unspecified atom stereocenters. The first kappa shape index (κ1) is 24.9. The van der Waals surface area contributed by atoms with Crippen molar-refractivity contribution < 1.29 is 22.7 Å². The van der Waals surface area contributed by atoms with Crippen LogP contribution in [0.15, 0.2) is 83.8 Å². The third kappa shape index (κ3) is 6.00. The van der Waals surface area contributed by atoms with Crippen molar-refractivity contribution >= 4 is 27.5 Å². The van der Waals surface area contributed by atoms with E-state index >= 15 is 0 Å². The second kappa shape index (κ2) is 11.0. The minimum absolute atomic E-state index is 0.0191. The predicted molar refractivity (Wildman–Crippen MR) is 130 cm³/mol. The second-order valence-electron chi connectivity index (χ2n) is 7.70. The van der Waals surface area contributed by atoms with Gasteiger partial charge in [0.2, 0.25) is 15.9 Å². The molecular formula is C25H27N3O5S. The van der Waals surface area contributed by atoms with Crippen molar-refractivity contribution in [1.82, 2.24) is 9.62 Å². The van der Waals surface area contributed by atoms with Gasteiger partial charge in [0.25, 0.3) is 5.91 Å². The number of sulfonamides is 1. The van der Waals surface area contributed by atoms with E-state index in [1.807, 2.05) is 36.4 Å². The minimum Gasteiger partial charge on any atom is -0.495 e. The molecule has 0 bridgehead atoms. The average Bonchev–Trinajstić information content (AvgIpc) is 2.84. The molecule has 3 aromatic rings. The van der Waals surface area contributed by atoms with Crippen LogP contribution in [0.1, 0.15) is 28.4 Å². The minimum atomic E-state index is -3.70. The molecule has 2 N–H and O–H groups in total. The first-order valence-corrected chi connectivity index (χ1v) is 12.0. The number of hydrogen-bond donors (Lipinski definition) is 2. The Kier molecular flexibility index (Phi) is 8.04. The molecule has 3 aromatic carbocycles. The van der Waals surface area contributed by atoms with Crippen LogP contribution >= 0.6 is 0 Å². The molecule has 0 saturated carbocycles. The molecule has 178 valence electrons. The number of carbonyl (C=O) groups is 2. The van der Waals surface area contributed by atoms with Crippen molar-refractivity contribution in [3.05, 3.63) is 90.0 Å². The number of nitrogens with zero attached hydrogens (tertiary/aromatic N) is 1. The maximum absolute atomic E-state index is 13.0. The van der Waals surface area contributed by atoms with Crippen molar-refractivity contribution in [2.24, 2.45) is 0 Å². The fourth-order valence-corrected chi connectivity index (χ4v) is 4.24. The Morgan fingerprint density at radius 3 is 2.15 bits per heavy atom. The molecule has 8 nitrogen and oxygen atoms in total. The van der Waals surface area contributed by atoms with Crippen molar-refractivity contribution in [2.75, 3.05) is 26.5 Å². The molecule has 0 spiro atoms. The van der Waals surface area contributed by atoms with Gasteiger partial charge in [-0.3, -0.25) is 9.59 Å². The molecule has 0 radical (unpaired) electrons. The van der Waals surface area contributed by atoms with E-state index in [9.17, 15) is 18.0 Å². The third-order valence-electron chi connectivity index (χ3n) is 5.16. The molecule has 0 fully saturated rings. The zero-order valence-corrected chi connectivity index (χ0v) is 20.0. The fourth-order valence-electron chi connectivity index (χ4n) is 3.31. The van der Waals surface area contributed by atoms with Crippen LogP contribution in [0.5, 0.6) is 5.75 Å². The molecular weight excluding hydrogens is 454 g/mol. The summed E-state index contributed by atoms with van der Waals surface area (Å²) < 4.78 is 31.4. The highest BCUT2D eigenvalue weighted by atomic mass is 32.2. The van der Waals surface area contributed by atoms with Crippen LogP contribution in [0.4, 0.5) is 5.69 Å².